The minimum Gasteiger partial charge on any atom is -0.294 e. The third-order valence-corrected chi connectivity index (χ3v) is 5.06. The first kappa shape index (κ1) is 13.1. The van der Waals surface area contributed by atoms with Crippen molar-refractivity contribution in [2.45, 2.75) is 24.9 Å². The predicted molar refractivity (Wildman–Crippen MR) is 69.5 cm³/mol. The number of rotatable bonds is 3. The highest BCUT2D eigenvalue weighted by Gasteiger charge is 2.38. The lowest BCUT2D eigenvalue weighted by molar-refractivity contribution is 0.397. The molecule has 1 aliphatic rings. The number of hydrogen-bond acceptors (Lipinski definition) is 4. The first-order chi connectivity index (χ1) is 8.55. The van der Waals surface area contributed by atoms with E-state index in [1.165, 1.54) is 0 Å². The molecule has 1 aliphatic heterocycles. The normalized spacial score (nSPS) is 26.4. The lowest BCUT2D eigenvalue weighted by Crippen LogP contribution is -2.52. The molecular weight excluding hydrogens is 248 g/mol. The Morgan fingerprint density at radius 2 is 2.06 bits per heavy atom. The van der Waals surface area contributed by atoms with E-state index in [0.717, 1.165) is 5.56 Å². The highest BCUT2D eigenvalue weighted by molar-refractivity contribution is 7.91. The molecule has 2 rings (SSSR count). The average Bonchev–Trinajstić information content (AvgIpc) is 2.37. The van der Waals surface area contributed by atoms with Crippen LogP contribution in [0.15, 0.2) is 30.3 Å². The number of nitrogens with one attached hydrogen (secondary N) is 1. The summed E-state index contributed by atoms with van der Waals surface area (Å²) in [5.74, 6) is 0.118. The van der Waals surface area contributed by atoms with Crippen LogP contribution in [-0.2, 0) is 16.4 Å². The van der Waals surface area contributed by atoms with Crippen LogP contribution in [0, 0.1) is 11.3 Å². The van der Waals surface area contributed by atoms with Crippen LogP contribution in [-0.4, -0.2) is 25.5 Å². The summed E-state index contributed by atoms with van der Waals surface area (Å²) in [4.78, 5) is 0. The average molecular weight is 264 g/mol. The Morgan fingerprint density at radius 1 is 1.33 bits per heavy atom. The maximum absolute atomic E-state index is 11.6. The molecule has 0 spiro atoms. The topological polar surface area (TPSA) is 70.0 Å². The summed E-state index contributed by atoms with van der Waals surface area (Å²) < 4.78 is 23.3. The fourth-order valence-electron chi connectivity index (χ4n) is 2.25. The van der Waals surface area contributed by atoms with Crippen molar-refractivity contribution in [3.63, 3.8) is 0 Å². The van der Waals surface area contributed by atoms with E-state index in [-0.39, 0.29) is 11.5 Å². The van der Waals surface area contributed by atoms with E-state index < -0.39 is 15.4 Å². The largest absolute Gasteiger partial charge is 0.294 e. The van der Waals surface area contributed by atoms with E-state index in [2.05, 4.69) is 11.4 Å². The number of sulfone groups is 1. The summed E-state index contributed by atoms with van der Waals surface area (Å²) in [5, 5.41) is 12.4. The minimum absolute atomic E-state index is 0.0800. The lowest BCUT2D eigenvalue weighted by Gasteiger charge is -2.31. The molecule has 1 unspecified atom stereocenters. The molecule has 1 atom stereocenters. The van der Waals surface area contributed by atoms with Gasteiger partial charge < -0.3 is 0 Å². The maximum Gasteiger partial charge on any atom is 0.153 e. The summed E-state index contributed by atoms with van der Waals surface area (Å²) in [6, 6.07) is 11.8. The predicted octanol–water partition coefficient (Wildman–Crippen LogP) is 1.25. The Bertz CT molecular complexity index is 548. The first-order valence-electron chi connectivity index (χ1n) is 5.96. The van der Waals surface area contributed by atoms with Gasteiger partial charge in [0.15, 0.2) is 9.84 Å². The van der Waals surface area contributed by atoms with Crippen LogP contribution < -0.4 is 5.32 Å². The number of nitrogens with zero attached hydrogens (tertiary/aromatic N) is 1. The maximum atomic E-state index is 11.6. The SMILES string of the molecule is N#CC1(NCc2ccccc2)CCCS(=O)(=O)C1. The fourth-order valence-corrected chi connectivity index (χ4v) is 4.04. The van der Waals surface area contributed by atoms with Crippen LogP contribution in [0.1, 0.15) is 18.4 Å². The Morgan fingerprint density at radius 3 is 2.67 bits per heavy atom. The molecule has 0 aromatic heterocycles. The zero-order valence-electron chi connectivity index (χ0n) is 10.1. The van der Waals surface area contributed by atoms with Crippen LogP contribution in [0.5, 0.6) is 0 Å². The van der Waals surface area contributed by atoms with Gasteiger partial charge >= 0.3 is 0 Å². The molecule has 0 saturated carbocycles. The first-order valence-corrected chi connectivity index (χ1v) is 7.78. The molecule has 0 radical (unpaired) electrons. The fraction of sp³-hybridized carbons (Fsp3) is 0.462. The molecule has 0 aliphatic carbocycles. The van der Waals surface area contributed by atoms with Gasteiger partial charge in [-0.3, -0.25) is 5.32 Å². The van der Waals surface area contributed by atoms with Crippen molar-refractivity contribution < 1.29 is 8.42 Å². The highest BCUT2D eigenvalue weighted by atomic mass is 32.2. The highest BCUT2D eigenvalue weighted by Crippen LogP contribution is 2.22. The third-order valence-electron chi connectivity index (χ3n) is 3.21. The smallest absolute Gasteiger partial charge is 0.153 e. The molecule has 96 valence electrons. The molecule has 18 heavy (non-hydrogen) atoms. The van der Waals surface area contributed by atoms with Gasteiger partial charge in [0.2, 0.25) is 0 Å². The quantitative estimate of drug-likeness (QED) is 0.892. The van der Waals surface area contributed by atoms with Crippen LogP contribution in [0.25, 0.3) is 0 Å². The van der Waals surface area contributed by atoms with Crippen molar-refractivity contribution in [2.75, 3.05) is 11.5 Å². The molecule has 1 heterocycles. The van der Waals surface area contributed by atoms with E-state index in [0.29, 0.717) is 19.4 Å². The summed E-state index contributed by atoms with van der Waals surface area (Å²) in [7, 11) is -3.09. The van der Waals surface area contributed by atoms with Gasteiger partial charge in [-0.15, -0.1) is 0 Å². The molecule has 1 saturated heterocycles. The van der Waals surface area contributed by atoms with Crippen LogP contribution >= 0.6 is 0 Å². The number of hydrogen-bond donors (Lipinski definition) is 1. The van der Waals surface area contributed by atoms with E-state index in [1.54, 1.807) is 0 Å². The van der Waals surface area contributed by atoms with Crippen molar-refractivity contribution >= 4 is 9.84 Å². The molecule has 0 amide bonds. The van der Waals surface area contributed by atoms with Gasteiger partial charge in [0.1, 0.15) is 5.54 Å². The number of benzene rings is 1. The van der Waals surface area contributed by atoms with Crippen LogP contribution in [0.2, 0.25) is 0 Å². The molecule has 4 nitrogen and oxygen atoms in total. The van der Waals surface area contributed by atoms with Crippen LogP contribution in [0.3, 0.4) is 0 Å². The summed E-state index contributed by atoms with van der Waals surface area (Å²) in [6.07, 6.45) is 1.15. The van der Waals surface area contributed by atoms with Gasteiger partial charge in [0.05, 0.1) is 17.6 Å². The van der Waals surface area contributed by atoms with Gasteiger partial charge in [-0.2, -0.15) is 5.26 Å². The standard InChI is InChI=1S/C13H16N2O2S/c14-10-13(7-4-8-18(16,17)11-13)15-9-12-5-2-1-3-6-12/h1-3,5-6,15H,4,7-9,11H2. The number of nitriles is 1. The second-order valence-electron chi connectivity index (χ2n) is 4.73. The zero-order chi connectivity index (χ0) is 13.1. The van der Waals surface area contributed by atoms with Crippen molar-refractivity contribution in [1.29, 1.82) is 5.26 Å². The molecule has 1 aromatic carbocycles. The molecule has 1 fully saturated rings. The Balaban J connectivity index is 2.08. The van der Waals surface area contributed by atoms with E-state index >= 15 is 0 Å². The van der Waals surface area contributed by atoms with Crippen molar-refractivity contribution in [3.8, 4) is 6.07 Å². The third kappa shape index (κ3) is 3.09. The minimum atomic E-state index is -3.09. The van der Waals surface area contributed by atoms with E-state index in [9.17, 15) is 13.7 Å². The van der Waals surface area contributed by atoms with Gasteiger partial charge in [0, 0.05) is 6.54 Å². The Hall–Kier alpha value is -1.38. The Kier molecular flexibility index (Phi) is 3.69. The molecule has 1 N–H and O–H groups in total. The van der Waals surface area contributed by atoms with E-state index in [1.807, 2.05) is 30.3 Å². The van der Waals surface area contributed by atoms with Crippen molar-refractivity contribution in [3.05, 3.63) is 35.9 Å². The van der Waals surface area contributed by atoms with Crippen molar-refractivity contribution in [2.24, 2.45) is 0 Å². The molecule has 0 bridgehead atoms. The Labute approximate surface area is 108 Å². The second kappa shape index (κ2) is 5.09. The molecule has 1 aromatic rings. The zero-order valence-corrected chi connectivity index (χ0v) is 10.9. The molecular formula is C13H16N2O2S. The van der Waals surface area contributed by atoms with Gasteiger partial charge in [0.25, 0.3) is 0 Å². The second-order valence-corrected chi connectivity index (χ2v) is 6.91. The summed E-state index contributed by atoms with van der Waals surface area (Å²) in [5.41, 5.74) is 0.127. The summed E-state index contributed by atoms with van der Waals surface area (Å²) in [6.45, 7) is 0.518. The van der Waals surface area contributed by atoms with Gasteiger partial charge in [-0.25, -0.2) is 8.42 Å². The van der Waals surface area contributed by atoms with Gasteiger partial charge in [-0.1, -0.05) is 30.3 Å². The van der Waals surface area contributed by atoms with Gasteiger partial charge in [-0.05, 0) is 18.4 Å². The molecule has 5 heteroatoms. The lowest BCUT2D eigenvalue weighted by atomic mass is 9.97. The summed E-state index contributed by atoms with van der Waals surface area (Å²) >= 11 is 0. The monoisotopic (exact) mass is 264 g/mol. The van der Waals surface area contributed by atoms with Crippen molar-refractivity contribution in [1.82, 2.24) is 5.32 Å². The van der Waals surface area contributed by atoms with Crippen LogP contribution in [0.4, 0.5) is 0 Å². The van der Waals surface area contributed by atoms with E-state index in [4.69, 9.17) is 0 Å².